The highest BCUT2D eigenvalue weighted by molar-refractivity contribution is 7.90. The quantitative estimate of drug-likeness (QED) is 0.812. The zero-order valence-corrected chi connectivity index (χ0v) is 12.4. The van der Waals surface area contributed by atoms with Gasteiger partial charge in [0.05, 0.1) is 16.3 Å². The summed E-state index contributed by atoms with van der Waals surface area (Å²) in [5, 5.41) is 2.51. The Bertz CT molecular complexity index is 739. The Hall–Kier alpha value is -2.22. The maximum absolute atomic E-state index is 12.0. The highest BCUT2D eigenvalue weighted by Gasteiger charge is 2.30. The Kier molecular flexibility index (Phi) is 3.82. The van der Waals surface area contributed by atoms with Crippen LogP contribution in [0.2, 0.25) is 0 Å². The van der Waals surface area contributed by atoms with Crippen LogP contribution < -0.4 is 10.2 Å². The van der Waals surface area contributed by atoms with Crippen molar-refractivity contribution in [3.63, 3.8) is 0 Å². The van der Waals surface area contributed by atoms with Crippen LogP contribution in [0.4, 0.5) is 11.4 Å². The standard InChI is InChI=1S/C13H14N2O5S/c1-3-11(16)13(18)15-7-12(17)14-9-6-8(21(2,19)20)4-5-10(9)15/h4-6H,3,7H2,1-2H3,(H,14,17). The number of carbonyl (C=O) groups excluding carboxylic acids is 3. The normalized spacial score (nSPS) is 14.4. The Morgan fingerprint density at radius 1 is 1.33 bits per heavy atom. The molecule has 7 nitrogen and oxygen atoms in total. The van der Waals surface area contributed by atoms with Crippen LogP contribution in [0.1, 0.15) is 13.3 Å². The van der Waals surface area contributed by atoms with Crippen LogP contribution in [0.15, 0.2) is 23.1 Å². The van der Waals surface area contributed by atoms with E-state index in [1.54, 1.807) is 6.92 Å². The second-order valence-electron chi connectivity index (χ2n) is 4.67. The van der Waals surface area contributed by atoms with Gasteiger partial charge in [0, 0.05) is 12.7 Å². The first-order chi connectivity index (χ1) is 9.74. The fourth-order valence-corrected chi connectivity index (χ4v) is 2.63. The van der Waals surface area contributed by atoms with Crippen molar-refractivity contribution in [3.05, 3.63) is 18.2 Å². The number of anilines is 2. The Balaban J connectivity index is 2.51. The van der Waals surface area contributed by atoms with Gasteiger partial charge in [-0.25, -0.2) is 8.42 Å². The molecule has 1 heterocycles. The molecule has 0 bridgehead atoms. The molecule has 2 amide bonds. The number of nitrogens with zero attached hydrogens (tertiary/aromatic N) is 1. The van der Waals surface area contributed by atoms with Gasteiger partial charge in [0.2, 0.25) is 11.7 Å². The predicted molar refractivity (Wildman–Crippen MR) is 75.8 cm³/mol. The maximum atomic E-state index is 12.0. The minimum atomic E-state index is -3.43. The number of Topliss-reactive ketones (excluding diaryl/α,β-unsaturated/α-hetero) is 1. The fraction of sp³-hybridized carbons (Fsp3) is 0.308. The van der Waals surface area contributed by atoms with Gasteiger partial charge >= 0.3 is 0 Å². The summed E-state index contributed by atoms with van der Waals surface area (Å²) in [5.41, 5.74) is 0.514. The molecule has 0 saturated heterocycles. The molecule has 0 radical (unpaired) electrons. The Labute approximate surface area is 121 Å². The Morgan fingerprint density at radius 3 is 2.57 bits per heavy atom. The summed E-state index contributed by atoms with van der Waals surface area (Å²) in [6.45, 7) is 1.29. The van der Waals surface area contributed by atoms with Gasteiger partial charge in [0.15, 0.2) is 9.84 Å². The van der Waals surface area contributed by atoms with Gasteiger partial charge < -0.3 is 5.32 Å². The van der Waals surface area contributed by atoms with Gasteiger partial charge in [-0.2, -0.15) is 0 Å². The second kappa shape index (κ2) is 5.28. The zero-order chi connectivity index (χ0) is 15.8. The van der Waals surface area contributed by atoms with E-state index >= 15 is 0 Å². The van der Waals surface area contributed by atoms with Crippen molar-refractivity contribution in [3.8, 4) is 0 Å². The summed E-state index contributed by atoms with van der Waals surface area (Å²) in [6.07, 6.45) is 1.08. The first kappa shape index (κ1) is 15.2. The van der Waals surface area contributed by atoms with E-state index in [0.717, 1.165) is 11.2 Å². The van der Waals surface area contributed by atoms with Crippen molar-refractivity contribution in [2.45, 2.75) is 18.2 Å². The maximum Gasteiger partial charge on any atom is 0.294 e. The number of carbonyl (C=O) groups is 3. The number of hydrogen-bond acceptors (Lipinski definition) is 5. The molecule has 1 N–H and O–H groups in total. The van der Waals surface area contributed by atoms with Crippen LogP contribution in [0, 0.1) is 0 Å². The molecule has 112 valence electrons. The number of hydrogen-bond donors (Lipinski definition) is 1. The van der Waals surface area contributed by atoms with Gasteiger partial charge in [0.1, 0.15) is 6.54 Å². The summed E-state index contributed by atoms with van der Waals surface area (Å²) < 4.78 is 23.0. The molecule has 1 aromatic rings. The number of sulfone groups is 1. The number of rotatable bonds is 3. The van der Waals surface area contributed by atoms with Crippen LogP contribution in [0.3, 0.4) is 0 Å². The smallest absolute Gasteiger partial charge is 0.294 e. The third-order valence-corrected chi connectivity index (χ3v) is 4.18. The molecule has 8 heteroatoms. The van der Waals surface area contributed by atoms with Crippen molar-refractivity contribution < 1.29 is 22.8 Å². The third-order valence-electron chi connectivity index (χ3n) is 3.07. The molecule has 0 spiro atoms. The fourth-order valence-electron chi connectivity index (χ4n) is 1.98. The summed E-state index contributed by atoms with van der Waals surface area (Å²) in [4.78, 5) is 36.3. The van der Waals surface area contributed by atoms with Crippen molar-refractivity contribution in [1.29, 1.82) is 0 Å². The van der Waals surface area contributed by atoms with Crippen LogP contribution in [-0.4, -0.2) is 38.8 Å². The number of benzene rings is 1. The predicted octanol–water partition coefficient (Wildman–Crippen LogP) is 0.354. The summed E-state index contributed by atoms with van der Waals surface area (Å²) in [7, 11) is -3.43. The lowest BCUT2D eigenvalue weighted by Gasteiger charge is -2.28. The number of ketones is 1. The number of nitrogens with one attached hydrogen (secondary N) is 1. The lowest BCUT2D eigenvalue weighted by Crippen LogP contribution is -2.45. The molecule has 1 aliphatic rings. The average Bonchev–Trinajstić information content (AvgIpc) is 2.43. The molecule has 1 aromatic carbocycles. The number of amides is 2. The minimum Gasteiger partial charge on any atom is -0.323 e. The van der Waals surface area contributed by atoms with Gasteiger partial charge in [-0.3, -0.25) is 19.3 Å². The highest BCUT2D eigenvalue weighted by atomic mass is 32.2. The molecule has 0 unspecified atom stereocenters. The van der Waals surface area contributed by atoms with Crippen LogP contribution in [0.25, 0.3) is 0 Å². The molecule has 0 atom stereocenters. The zero-order valence-electron chi connectivity index (χ0n) is 11.5. The molecular formula is C13H14N2O5S. The van der Waals surface area contributed by atoms with E-state index in [-0.39, 0.29) is 23.5 Å². The van der Waals surface area contributed by atoms with E-state index in [4.69, 9.17) is 0 Å². The van der Waals surface area contributed by atoms with Gasteiger partial charge in [-0.15, -0.1) is 0 Å². The molecular weight excluding hydrogens is 296 g/mol. The van der Waals surface area contributed by atoms with Gasteiger partial charge in [0.25, 0.3) is 5.91 Å². The van der Waals surface area contributed by atoms with E-state index in [2.05, 4.69) is 5.32 Å². The van der Waals surface area contributed by atoms with Crippen molar-refractivity contribution in [2.24, 2.45) is 0 Å². The average molecular weight is 310 g/mol. The van der Waals surface area contributed by atoms with Crippen molar-refractivity contribution in [2.75, 3.05) is 23.0 Å². The molecule has 0 aliphatic carbocycles. The first-order valence-electron chi connectivity index (χ1n) is 6.22. The lowest BCUT2D eigenvalue weighted by molar-refractivity contribution is -0.136. The third kappa shape index (κ3) is 2.94. The molecule has 1 aliphatic heterocycles. The monoisotopic (exact) mass is 310 g/mol. The van der Waals surface area contributed by atoms with E-state index in [1.807, 2.05) is 0 Å². The Morgan fingerprint density at radius 2 is 2.00 bits per heavy atom. The van der Waals surface area contributed by atoms with Crippen molar-refractivity contribution >= 4 is 38.8 Å². The summed E-state index contributed by atoms with van der Waals surface area (Å²) in [5.74, 6) is -1.87. The van der Waals surface area contributed by atoms with Crippen LogP contribution >= 0.6 is 0 Å². The van der Waals surface area contributed by atoms with Crippen molar-refractivity contribution in [1.82, 2.24) is 0 Å². The van der Waals surface area contributed by atoms with E-state index < -0.39 is 27.4 Å². The van der Waals surface area contributed by atoms with Crippen LogP contribution in [0.5, 0.6) is 0 Å². The SMILES string of the molecule is CCC(=O)C(=O)N1CC(=O)Nc2cc(S(C)(=O)=O)ccc21. The topological polar surface area (TPSA) is 101 Å². The lowest BCUT2D eigenvalue weighted by atomic mass is 10.1. The van der Waals surface area contributed by atoms with E-state index in [0.29, 0.717) is 5.69 Å². The number of fused-ring (bicyclic) bond motifs is 1. The van der Waals surface area contributed by atoms with Gasteiger partial charge in [-0.1, -0.05) is 6.92 Å². The van der Waals surface area contributed by atoms with Crippen LogP contribution in [-0.2, 0) is 24.2 Å². The second-order valence-corrected chi connectivity index (χ2v) is 6.68. The molecule has 0 fully saturated rings. The van der Waals surface area contributed by atoms with E-state index in [1.165, 1.54) is 18.2 Å². The summed E-state index contributed by atoms with van der Waals surface area (Å²) in [6, 6.07) is 4.02. The minimum absolute atomic E-state index is 0.0256. The molecule has 2 rings (SSSR count). The largest absolute Gasteiger partial charge is 0.323 e. The molecule has 0 aromatic heterocycles. The summed E-state index contributed by atoms with van der Waals surface area (Å²) >= 11 is 0. The molecule has 21 heavy (non-hydrogen) atoms. The first-order valence-corrected chi connectivity index (χ1v) is 8.12. The van der Waals surface area contributed by atoms with Gasteiger partial charge in [-0.05, 0) is 18.2 Å². The van der Waals surface area contributed by atoms with E-state index in [9.17, 15) is 22.8 Å². The molecule has 0 saturated carbocycles. The highest BCUT2D eigenvalue weighted by Crippen LogP contribution is 2.32.